The number of phenols is 1. The Morgan fingerprint density at radius 1 is 1.27 bits per heavy atom. The zero-order valence-corrected chi connectivity index (χ0v) is 12.6. The third-order valence-electron chi connectivity index (χ3n) is 3.11. The number of rotatable bonds is 3. The average molecular weight is 311 g/mol. The number of nitrogens with one attached hydrogen (secondary N) is 1. The summed E-state index contributed by atoms with van der Waals surface area (Å²) in [5.74, 6) is -0.0361. The molecule has 0 aliphatic carbocycles. The van der Waals surface area contributed by atoms with Crippen molar-refractivity contribution in [3.63, 3.8) is 0 Å². The topological polar surface area (TPSA) is 75.1 Å². The minimum absolute atomic E-state index is 0.252. The molecule has 3 aromatic rings. The Morgan fingerprint density at radius 3 is 2.86 bits per heavy atom. The van der Waals surface area contributed by atoms with Gasteiger partial charge in [0.1, 0.15) is 11.4 Å². The van der Waals surface area contributed by atoms with Crippen LogP contribution in [0.3, 0.4) is 0 Å². The zero-order valence-electron chi connectivity index (χ0n) is 11.8. The highest BCUT2D eigenvalue weighted by atomic mass is 32.1. The lowest BCUT2D eigenvalue weighted by atomic mass is 10.1. The van der Waals surface area contributed by atoms with Crippen LogP contribution in [0.2, 0.25) is 0 Å². The van der Waals surface area contributed by atoms with Gasteiger partial charge in [0, 0.05) is 17.1 Å². The first kappa shape index (κ1) is 14.2. The Labute approximate surface area is 131 Å². The van der Waals surface area contributed by atoms with Gasteiger partial charge in [0.25, 0.3) is 5.91 Å². The van der Waals surface area contributed by atoms with E-state index in [1.807, 2.05) is 18.4 Å². The molecule has 0 saturated heterocycles. The quantitative estimate of drug-likeness (QED) is 0.776. The number of benzene rings is 1. The molecule has 110 valence electrons. The molecule has 0 atom stereocenters. The van der Waals surface area contributed by atoms with Gasteiger partial charge in [-0.3, -0.25) is 15.1 Å². The molecule has 0 fully saturated rings. The van der Waals surface area contributed by atoms with Crippen LogP contribution in [-0.4, -0.2) is 21.0 Å². The van der Waals surface area contributed by atoms with Gasteiger partial charge < -0.3 is 5.11 Å². The maximum Gasteiger partial charge on any atom is 0.276 e. The van der Waals surface area contributed by atoms with Crippen molar-refractivity contribution in [2.45, 2.75) is 6.92 Å². The highest BCUT2D eigenvalue weighted by Gasteiger charge is 2.11. The van der Waals surface area contributed by atoms with Gasteiger partial charge in [-0.15, -0.1) is 11.3 Å². The highest BCUT2D eigenvalue weighted by Crippen LogP contribution is 2.28. The van der Waals surface area contributed by atoms with Crippen molar-refractivity contribution >= 4 is 22.4 Å². The molecule has 5 nitrogen and oxygen atoms in total. The van der Waals surface area contributed by atoms with Crippen LogP contribution in [0.5, 0.6) is 5.75 Å². The fourth-order valence-corrected chi connectivity index (χ4v) is 2.65. The SMILES string of the molecule is Cc1cc(-c2csc(NC(=O)c3ccccn3)n2)ccc1O. The number of nitrogens with zero attached hydrogens (tertiary/aromatic N) is 2. The Morgan fingerprint density at radius 2 is 2.14 bits per heavy atom. The van der Waals surface area contributed by atoms with Gasteiger partial charge >= 0.3 is 0 Å². The van der Waals surface area contributed by atoms with Gasteiger partial charge in [-0.25, -0.2) is 4.98 Å². The summed E-state index contributed by atoms with van der Waals surface area (Å²) in [6.07, 6.45) is 1.57. The van der Waals surface area contributed by atoms with Crippen molar-refractivity contribution in [3.05, 3.63) is 59.2 Å². The fraction of sp³-hybridized carbons (Fsp3) is 0.0625. The van der Waals surface area contributed by atoms with Crippen LogP contribution in [0, 0.1) is 6.92 Å². The van der Waals surface area contributed by atoms with E-state index >= 15 is 0 Å². The Kier molecular flexibility index (Phi) is 3.84. The van der Waals surface area contributed by atoms with E-state index in [-0.39, 0.29) is 11.7 Å². The summed E-state index contributed by atoms with van der Waals surface area (Å²) < 4.78 is 0. The number of aromatic hydroxyl groups is 1. The molecule has 6 heteroatoms. The second-order valence-electron chi connectivity index (χ2n) is 4.71. The van der Waals surface area contributed by atoms with Gasteiger partial charge in [0.05, 0.1) is 5.69 Å². The van der Waals surface area contributed by atoms with Crippen molar-refractivity contribution in [2.75, 3.05) is 5.32 Å². The van der Waals surface area contributed by atoms with Crippen molar-refractivity contribution in [3.8, 4) is 17.0 Å². The third kappa shape index (κ3) is 2.96. The number of aryl methyl sites for hydroxylation is 1. The first-order valence-electron chi connectivity index (χ1n) is 6.61. The van der Waals surface area contributed by atoms with Crippen LogP contribution in [0.1, 0.15) is 16.1 Å². The first-order chi connectivity index (χ1) is 10.6. The van der Waals surface area contributed by atoms with Crippen molar-refractivity contribution in [1.29, 1.82) is 0 Å². The molecule has 1 amide bonds. The van der Waals surface area contributed by atoms with Crippen LogP contribution >= 0.6 is 11.3 Å². The molecule has 2 N–H and O–H groups in total. The fourth-order valence-electron chi connectivity index (χ4n) is 1.94. The maximum atomic E-state index is 12.0. The highest BCUT2D eigenvalue weighted by molar-refractivity contribution is 7.14. The Balaban J connectivity index is 1.79. The monoisotopic (exact) mass is 311 g/mol. The van der Waals surface area contributed by atoms with Gasteiger partial charge in [0.15, 0.2) is 5.13 Å². The van der Waals surface area contributed by atoms with E-state index in [0.717, 1.165) is 16.8 Å². The number of anilines is 1. The molecule has 3 rings (SSSR count). The van der Waals surface area contributed by atoms with E-state index in [2.05, 4.69) is 15.3 Å². The summed E-state index contributed by atoms with van der Waals surface area (Å²) in [4.78, 5) is 20.4. The molecule has 2 heterocycles. The second-order valence-corrected chi connectivity index (χ2v) is 5.57. The molecule has 22 heavy (non-hydrogen) atoms. The summed E-state index contributed by atoms with van der Waals surface area (Å²) in [6.45, 7) is 1.83. The number of hydrogen-bond donors (Lipinski definition) is 2. The van der Waals surface area contributed by atoms with E-state index in [4.69, 9.17) is 0 Å². The number of amides is 1. The molecule has 0 unspecified atom stereocenters. The van der Waals surface area contributed by atoms with Crippen LogP contribution < -0.4 is 5.32 Å². The number of phenolic OH excluding ortho intramolecular Hbond substituents is 1. The molecule has 1 aromatic carbocycles. The normalized spacial score (nSPS) is 10.4. The molecular formula is C16H13N3O2S. The number of aromatic nitrogens is 2. The number of hydrogen-bond acceptors (Lipinski definition) is 5. The second kappa shape index (κ2) is 5.95. The summed E-state index contributed by atoms with van der Waals surface area (Å²) in [5.41, 5.74) is 2.78. The molecule has 0 saturated carbocycles. The molecule has 0 aliphatic rings. The number of pyridine rings is 1. The lowest BCUT2D eigenvalue weighted by Gasteiger charge is -2.02. The van der Waals surface area contributed by atoms with E-state index in [1.165, 1.54) is 11.3 Å². The maximum absolute atomic E-state index is 12.0. The number of carbonyl (C=O) groups excluding carboxylic acids is 1. The lowest BCUT2D eigenvalue weighted by molar-refractivity contribution is 0.102. The van der Waals surface area contributed by atoms with Crippen molar-refractivity contribution in [1.82, 2.24) is 9.97 Å². The average Bonchev–Trinajstić information content (AvgIpc) is 2.99. The molecule has 0 bridgehead atoms. The molecule has 0 radical (unpaired) electrons. The minimum atomic E-state index is -0.289. The first-order valence-corrected chi connectivity index (χ1v) is 7.49. The van der Waals surface area contributed by atoms with Gasteiger partial charge in [-0.05, 0) is 42.8 Å². The van der Waals surface area contributed by atoms with E-state index in [0.29, 0.717) is 10.8 Å². The number of carbonyl (C=O) groups is 1. The van der Waals surface area contributed by atoms with Crippen LogP contribution in [0.15, 0.2) is 48.0 Å². The Hall–Kier alpha value is -2.73. The predicted octanol–water partition coefficient (Wildman–Crippen LogP) is 3.47. The van der Waals surface area contributed by atoms with E-state index < -0.39 is 0 Å². The van der Waals surface area contributed by atoms with Crippen LogP contribution in [0.4, 0.5) is 5.13 Å². The largest absolute Gasteiger partial charge is 0.508 e. The zero-order chi connectivity index (χ0) is 15.5. The summed E-state index contributed by atoms with van der Waals surface area (Å²) in [5, 5.41) is 14.7. The van der Waals surface area contributed by atoms with E-state index in [9.17, 15) is 9.90 Å². The third-order valence-corrected chi connectivity index (χ3v) is 3.87. The van der Waals surface area contributed by atoms with Gasteiger partial charge in [-0.1, -0.05) is 6.07 Å². The summed E-state index contributed by atoms with van der Waals surface area (Å²) in [7, 11) is 0. The molecule has 0 aliphatic heterocycles. The predicted molar refractivity (Wildman–Crippen MR) is 86.1 cm³/mol. The molecule has 0 spiro atoms. The lowest BCUT2D eigenvalue weighted by Crippen LogP contribution is -2.13. The van der Waals surface area contributed by atoms with Crippen LogP contribution in [0.25, 0.3) is 11.3 Å². The summed E-state index contributed by atoms with van der Waals surface area (Å²) in [6, 6.07) is 10.4. The Bertz CT molecular complexity index is 815. The molecule has 2 aromatic heterocycles. The summed E-state index contributed by atoms with van der Waals surface area (Å²) >= 11 is 1.34. The van der Waals surface area contributed by atoms with Crippen LogP contribution in [-0.2, 0) is 0 Å². The van der Waals surface area contributed by atoms with Crippen molar-refractivity contribution < 1.29 is 9.90 Å². The minimum Gasteiger partial charge on any atom is -0.508 e. The van der Waals surface area contributed by atoms with Crippen molar-refractivity contribution in [2.24, 2.45) is 0 Å². The van der Waals surface area contributed by atoms with E-state index in [1.54, 1.807) is 36.5 Å². The smallest absolute Gasteiger partial charge is 0.276 e. The standard InChI is InChI=1S/C16H13N3O2S/c1-10-8-11(5-6-14(10)20)13-9-22-16(18-13)19-15(21)12-4-2-3-7-17-12/h2-9,20H,1H3,(H,18,19,21). The molecular weight excluding hydrogens is 298 g/mol. The van der Waals surface area contributed by atoms with Gasteiger partial charge in [-0.2, -0.15) is 0 Å². The van der Waals surface area contributed by atoms with Gasteiger partial charge in [0.2, 0.25) is 0 Å². The number of thiazole rings is 1.